The Labute approximate surface area is 140 Å². The predicted octanol–water partition coefficient (Wildman–Crippen LogP) is 2.49. The van der Waals surface area contributed by atoms with Crippen molar-refractivity contribution in [3.8, 4) is 5.75 Å². The normalized spacial score (nSPS) is 17.4. The molecule has 0 spiro atoms. The van der Waals surface area contributed by atoms with E-state index in [1.54, 1.807) is 18.3 Å². The maximum atomic E-state index is 5.95. The van der Waals surface area contributed by atoms with Gasteiger partial charge in [-0.3, -0.25) is 4.98 Å². The molecule has 4 nitrogen and oxygen atoms in total. The molecular formula is C18H17N3OS. The highest BCUT2D eigenvalue weighted by atomic mass is 32.1. The lowest BCUT2D eigenvalue weighted by Crippen LogP contribution is -2.34. The van der Waals surface area contributed by atoms with Crippen LogP contribution in [0.5, 0.6) is 5.75 Å². The highest BCUT2D eigenvalue weighted by Gasteiger charge is 2.18. The smallest absolute Gasteiger partial charge is 0.149 e. The van der Waals surface area contributed by atoms with Crippen LogP contribution < -0.4 is 16.2 Å². The first-order valence-electron chi connectivity index (χ1n) is 7.28. The van der Waals surface area contributed by atoms with Gasteiger partial charge in [0, 0.05) is 18.7 Å². The van der Waals surface area contributed by atoms with Crippen LogP contribution in [0.1, 0.15) is 11.3 Å². The summed E-state index contributed by atoms with van der Waals surface area (Å²) >= 11 is 5.15. The SMILES string of the molecule is NC1=CC(Oc2cccnc2Cc2ccccc2)=CC(N)C1=S. The molecule has 0 amide bonds. The molecule has 1 aromatic carbocycles. The van der Waals surface area contributed by atoms with E-state index in [2.05, 4.69) is 17.1 Å². The lowest BCUT2D eigenvalue weighted by atomic mass is 10.1. The predicted molar refractivity (Wildman–Crippen MR) is 95.0 cm³/mol. The monoisotopic (exact) mass is 323 g/mol. The number of hydrogen-bond donors (Lipinski definition) is 2. The van der Waals surface area contributed by atoms with Crippen molar-refractivity contribution in [1.29, 1.82) is 0 Å². The fourth-order valence-electron chi connectivity index (χ4n) is 2.35. The van der Waals surface area contributed by atoms with Gasteiger partial charge < -0.3 is 16.2 Å². The highest BCUT2D eigenvalue weighted by molar-refractivity contribution is 7.81. The third kappa shape index (κ3) is 3.64. The molecule has 4 N–H and O–H groups in total. The molecule has 0 fully saturated rings. The zero-order chi connectivity index (χ0) is 16.2. The van der Waals surface area contributed by atoms with Crippen molar-refractivity contribution in [2.24, 2.45) is 11.5 Å². The molecule has 0 saturated heterocycles. The molecule has 23 heavy (non-hydrogen) atoms. The maximum absolute atomic E-state index is 5.95. The van der Waals surface area contributed by atoms with E-state index < -0.39 is 6.04 Å². The number of thiocarbonyl (C=S) groups is 1. The number of rotatable bonds is 4. The number of ether oxygens (including phenoxy) is 1. The number of nitrogens with zero attached hydrogens (tertiary/aromatic N) is 1. The summed E-state index contributed by atoms with van der Waals surface area (Å²) in [7, 11) is 0. The number of benzene rings is 1. The molecule has 1 aliphatic rings. The zero-order valence-electron chi connectivity index (χ0n) is 12.5. The van der Waals surface area contributed by atoms with E-state index in [1.807, 2.05) is 30.3 Å². The number of nitrogens with two attached hydrogens (primary N) is 2. The van der Waals surface area contributed by atoms with Crippen molar-refractivity contribution in [2.75, 3.05) is 0 Å². The number of hydrogen-bond acceptors (Lipinski definition) is 5. The molecule has 2 aromatic rings. The quantitative estimate of drug-likeness (QED) is 0.846. The van der Waals surface area contributed by atoms with Crippen molar-refractivity contribution in [2.45, 2.75) is 12.5 Å². The summed E-state index contributed by atoms with van der Waals surface area (Å²) in [5.41, 5.74) is 14.3. The van der Waals surface area contributed by atoms with Crippen LogP contribution in [-0.2, 0) is 6.42 Å². The standard InChI is InChI=1S/C18H17N3OS/c19-14-10-13(11-15(20)18(14)23)22-17-7-4-8-21-16(17)9-12-5-2-1-3-6-12/h1-8,10-11,14H,9,19-20H2. The van der Waals surface area contributed by atoms with Gasteiger partial charge in [-0.25, -0.2) is 0 Å². The summed E-state index contributed by atoms with van der Waals surface area (Å²) in [5.74, 6) is 1.28. The van der Waals surface area contributed by atoms with Crippen LogP contribution in [0.25, 0.3) is 0 Å². The Morgan fingerprint density at radius 2 is 1.91 bits per heavy atom. The van der Waals surface area contributed by atoms with Crippen LogP contribution >= 0.6 is 12.2 Å². The van der Waals surface area contributed by atoms with E-state index in [0.717, 1.165) is 5.69 Å². The maximum Gasteiger partial charge on any atom is 0.149 e. The van der Waals surface area contributed by atoms with E-state index in [9.17, 15) is 0 Å². The van der Waals surface area contributed by atoms with E-state index in [1.165, 1.54) is 5.56 Å². The second kappa shape index (κ2) is 6.73. The molecule has 0 bridgehead atoms. The molecule has 1 atom stereocenters. The number of allylic oxidation sites excluding steroid dienone is 1. The largest absolute Gasteiger partial charge is 0.456 e. The molecule has 0 saturated carbocycles. The van der Waals surface area contributed by atoms with Crippen LogP contribution in [-0.4, -0.2) is 15.9 Å². The van der Waals surface area contributed by atoms with Crippen LogP contribution in [0.15, 0.2) is 72.3 Å². The minimum absolute atomic E-state index is 0.403. The average Bonchev–Trinajstić information content (AvgIpc) is 2.55. The Hall–Kier alpha value is -2.50. The lowest BCUT2D eigenvalue weighted by Gasteiger charge is -2.18. The summed E-state index contributed by atoms with van der Waals surface area (Å²) in [4.78, 5) is 4.97. The first-order chi connectivity index (χ1) is 11.1. The second-order valence-corrected chi connectivity index (χ2v) is 5.71. The Morgan fingerprint density at radius 3 is 2.65 bits per heavy atom. The van der Waals surface area contributed by atoms with Gasteiger partial charge in [-0.1, -0.05) is 42.5 Å². The molecule has 1 unspecified atom stereocenters. The summed E-state index contributed by atoms with van der Waals surface area (Å²) < 4.78 is 5.95. The summed E-state index contributed by atoms with van der Waals surface area (Å²) in [5, 5.41) is 0. The van der Waals surface area contributed by atoms with Gasteiger partial charge in [0.15, 0.2) is 0 Å². The number of pyridine rings is 1. The fraction of sp³-hybridized carbons (Fsp3) is 0.111. The van der Waals surface area contributed by atoms with E-state index in [0.29, 0.717) is 28.5 Å². The van der Waals surface area contributed by atoms with Gasteiger partial charge in [-0.05, 0) is 23.8 Å². The van der Waals surface area contributed by atoms with E-state index in [4.69, 9.17) is 28.4 Å². The summed E-state index contributed by atoms with van der Waals surface area (Å²) in [6.07, 6.45) is 5.91. The molecule has 5 heteroatoms. The van der Waals surface area contributed by atoms with Gasteiger partial charge in [-0.2, -0.15) is 0 Å². The highest BCUT2D eigenvalue weighted by Crippen LogP contribution is 2.23. The molecule has 3 rings (SSSR count). The summed E-state index contributed by atoms with van der Waals surface area (Å²) in [6, 6.07) is 13.4. The Morgan fingerprint density at radius 1 is 1.13 bits per heavy atom. The van der Waals surface area contributed by atoms with Gasteiger partial charge in [-0.15, -0.1) is 0 Å². The van der Waals surface area contributed by atoms with Crippen molar-refractivity contribution in [3.63, 3.8) is 0 Å². The van der Waals surface area contributed by atoms with Gasteiger partial charge in [0.2, 0.25) is 0 Å². The third-order valence-electron chi connectivity index (χ3n) is 3.52. The Kier molecular flexibility index (Phi) is 4.50. The van der Waals surface area contributed by atoms with Crippen LogP contribution in [0.3, 0.4) is 0 Å². The van der Waals surface area contributed by atoms with Crippen LogP contribution in [0, 0.1) is 0 Å². The second-order valence-electron chi connectivity index (χ2n) is 5.27. The van der Waals surface area contributed by atoms with E-state index in [-0.39, 0.29) is 0 Å². The lowest BCUT2D eigenvalue weighted by molar-refractivity contribution is 0.432. The average molecular weight is 323 g/mol. The minimum atomic E-state index is -0.403. The Bertz CT molecular complexity index is 784. The van der Waals surface area contributed by atoms with Crippen LogP contribution in [0.4, 0.5) is 0 Å². The van der Waals surface area contributed by atoms with Crippen molar-refractivity contribution < 1.29 is 4.74 Å². The van der Waals surface area contributed by atoms with Gasteiger partial charge in [0.1, 0.15) is 11.5 Å². The summed E-state index contributed by atoms with van der Waals surface area (Å²) in [6.45, 7) is 0. The molecular weight excluding hydrogens is 306 g/mol. The third-order valence-corrected chi connectivity index (χ3v) is 4.03. The fourth-order valence-corrected chi connectivity index (χ4v) is 2.47. The van der Waals surface area contributed by atoms with Gasteiger partial charge in [0.05, 0.1) is 22.3 Å². The zero-order valence-corrected chi connectivity index (χ0v) is 13.3. The molecule has 1 aliphatic carbocycles. The Balaban J connectivity index is 1.84. The van der Waals surface area contributed by atoms with E-state index >= 15 is 0 Å². The first-order valence-corrected chi connectivity index (χ1v) is 7.69. The van der Waals surface area contributed by atoms with Gasteiger partial charge in [0.25, 0.3) is 0 Å². The van der Waals surface area contributed by atoms with Crippen LogP contribution in [0.2, 0.25) is 0 Å². The molecule has 116 valence electrons. The van der Waals surface area contributed by atoms with Crippen molar-refractivity contribution >= 4 is 17.1 Å². The van der Waals surface area contributed by atoms with Gasteiger partial charge >= 0.3 is 0 Å². The molecule has 0 aliphatic heterocycles. The van der Waals surface area contributed by atoms with Crippen molar-refractivity contribution in [1.82, 2.24) is 4.98 Å². The molecule has 0 radical (unpaired) electrons. The molecule has 1 aromatic heterocycles. The number of aromatic nitrogens is 1. The topological polar surface area (TPSA) is 74.2 Å². The van der Waals surface area contributed by atoms with Crippen molar-refractivity contribution in [3.05, 3.63) is 83.5 Å². The molecule has 1 heterocycles. The minimum Gasteiger partial charge on any atom is -0.456 e. The first kappa shape index (κ1) is 15.4.